The minimum Gasteiger partial charge on any atom is -0.493 e. The highest BCUT2D eigenvalue weighted by Crippen LogP contribution is 2.37. The molecule has 0 aromatic heterocycles. The first-order chi connectivity index (χ1) is 11.0. The largest absolute Gasteiger partial charge is 0.493 e. The van der Waals surface area contributed by atoms with Gasteiger partial charge in [-0.1, -0.05) is 20.4 Å². The van der Waals surface area contributed by atoms with Crippen molar-refractivity contribution in [2.75, 3.05) is 20.8 Å². The third-order valence-corrected chi connectivity index (χ3v) is 4.41. The number of rotatable bonds is 7. The Bertz CT molecular complexity index is 554. The third-order valence-electron chi connectivity index (χ3n) is 4.41. The SMILES string of the molecule is C=C(CC(C)C)[C@@H](O)C[C@H]1NCCc2cc(OC)c(OC)cc21. The molecule has 0 radical (unpaired) electrons. The molecule has 4 nitrogen and oxygen atoms in total. The molecular weight excluding hydrogens is 290 g/mol. The smallest absolute Gasteiger partial charge is 0.161 e. The summed E-state index contributed by atoms with van der Waals surface area (Å²) >= 11 is 0. The lowest BCUT2D eigenvalue weighted by atomic mass is 9.88. The van der Waals surface area contributed by atoms with Gasteiger partial charge in [-0.25, -0.2) is 0 Å². The number of ether oxygens (including phenoxy) is 2. The predicted molar refractivity (Wildman–Crippen MR) is 93.2 cm³/mol. The van der Waals surface area contributed by atoms with Crippen LogP contribution in [0.25, 0.3) is 0 Å². The van der Waals surface area contributed by atoms with Gasteiger partial charge in [-0.15, -0.1) is 0 Å². The van der Waals surface area contributed by atoms with Gasteiger partial charge in [0.05, 0.1) is 20.3 Å². The Morgan fingerprint density at radius 1 is 1.30 bits per heavy atom. The number of aliphatic hydroxyl groups excluding tert-OH is 1. The molecule has 128 valence electrons. The lowest BCUT2D eigenvalue weighted by Crippen LogP contribution is -2.33. The van der Waals surface area contributed by atoms with Crippen molar-refractivity contribution in [3.8, 4) is 11.5 Å². The molecule has 0 bridgehead atoms. The van der Waals surface area contributed by atoms with Crippen molar-refractivity contribution >= 4 is 0 Å². The molecule has 0 unspecified atom stereocenters. The van der Waals surface area contributed by atoms with E-state index >= 15 is 0 Å². The molecule has 1 aliphatic rings. The van der Waals surface area contributed by atoms with E-state index in [2.05, 4.69) is 31.8 Å². The number of aliphatic hydroxyl groups is 1. The standard InChI is InChI=1S/C19H29NO3/c1-12(2)8-13(3)17(21)11-16-15-10-19(23-5)18(22-4)9-14(15)6-7-20-16/h9-10,12,16-17,20-21H,3,6-8,11H2,1-2,4-5H3/t16-,17+/m1/s1. The van der Waals surface area contributed by atoms with Crippen LogP contribution in [0.2, 0.25) is 0 Å². The van der Waals surface area contributed by atoms with E-state index in [0.717, 1.165) is 36.5 Å². The van der Waals surface area contributed by atoms with Crippen molar-refractivity contribution in [1.29, 1.82) is 0 Å². The Morgan fingerprint density at radius 2 is 1.96 bits per heavy atom. The van der Waals surface area contributed by atoms with Crippen LogP contribution in [-0.2, 0) is 6.42 Å². The second kappa shape index (κ2) is 7.84. The zero-order chi connectivity index (χ0) is 17.0. The summed E-state index contributed by atoms with van der Waals surface area (Å²) in [5.74, 6) is 2.00. The molecule has 0 aliphatic carbocycles. The highest BCUT2D eigenvalue weighted by molar-refractivity contribution is 5.49. The van der Waals surface area contributed by atoms with E-state index in [-0.39, 0.29) is 6.04 Å². The van der Waals surface area contributed by atoms with Crippen molar-refractivity contribution in [2.24, 2.45) is 5.92 Å². The molecule has 2 atom stereocenters. The van der Waals surface area contributed by atoms with Gasteiger partial charge in [-0.05, 0) is 60.6 Å². The lowest BCUT2D eigenvalue weighted by Gasteiger charge is -2.30. The normalized spacial score (nSPS) is 18.4. The van der Waals surface area contributed by atoms with Crippen molar-refractivity contribution < 1.29 is 14.6 Å². The van der Waals surface area contributed by atoms with E-state index in [1.165, 1.54) is 11.1 Å². The van der Waals surface area contributed by atoms with E-state index in [1.54, 1.807) is 14.2 Å². The van der Waals surface area contributed by atoms with Crippen molar-refractivity contribution in [1.82, 2.24) is 5.32 Å². The van der Waals surface area contributed by atoms with E-state index < -0.39 is 6.10 Å². The van der Waals surface area contributed by atoms with Crippen LogP contribution >= 0.6 is 0 Å². The van der Waals surface area contributed by atoms with Gasteiger partial charge in [0.2, 0.25) is 0 Å². The Labute approximate surface area is 139 Å². The Kier molecular flexibility index (Phi) is 6.08. The van der Waals surface area contributed by atoms with Gasteiger partial charge in [-0.2, -0.15) is 0 Å². The summed E-state index contributed by atoms with van der Waals surface area (Å²) in [5.41, 5.74) is 3.35. The summed E-state index contributed by atoms with van der Waals surface area (Å²) in [7, 11) is 3.30. The van der Waals surface area contributed by atoms with Gasteiger partial charge in [0.25, 0.3) is 0 Å². The maximum atomic E-state index is 10.5. The summed E-state index contributed by atoms with van der Waals surface area (Å²) < 4.78 is 10.8. The predicted octanol–water partition coefficient (Wildman–Crippen LogP) is 3.24. The molecule has 4 heteroatoms. The maximum absolute atomic E-state index is 10.5. The van der Waals surface area contributed by atoms with Crippen LogP contribution in [0.1, 0.15) is 43.9 Å². The second-order valence-electron chi connectivity index (χ2n) is 6.67. The van der Waals surface area contributed by atoms with Gasteiger partial charge >= 0.3 is 0 Å². The van der Waals surface area contributed by atoms with E-state index in [4.69, 9.17) is 9.47 Å². The van der Waals surface area contributed by atoms with Gasteiger partial charge in [0.1, 0.15) is 0 Å². The Hall–Kier alpha value is -1.52. The molecule has 0 fully saturated rings. The molecule has 2 rings (SSSR count). The minimum atomic E-state index is -0.492. The average molecular weight is 319 g/mol. The quantitative estimate of drug-likeness (QED) is 0.758. The third kappa shape index (κ3) is 4.27. The maximum Gasteiger partial charge on any atom is 0.161 e. The van der Waals surface area contributed by atoms with Gasteiger partial charge in [-0.3, -0.25) is 0 Å². The molecule has 23 heavy (non-hydrogen) atoms. The van der Waals surface area contributed by atoms with Crippen LogP contribution in [0.4, 0.5) is 0 Å². The number of benzene rings is 1. The average Bonchev–Trinajstić information content (AvgIpc) is 2.53. The Balaban J connectivity index is 2.19. The highest BCUT2D eigenvalue weighted by atomic mass is 16.5. The summed E-state index contributed by atoms with van der Waals surface area (Å²) in [6, 6.07) is 4.19. The fourth-order valence-corrected chi connectivity index (χ4v) is 3.23. The van der Waals surface area contributed by atoms with Crippen molar-refractivity contribution in [3.63, 3.8) is 0 Å². The monoisotopic (exact) mass is 319 g/mol. The van der Waals surface area contributed by atoms with Crippen LogP contribution < -0.4 is 14.8 Å². The van der Waals surface area contributed by atoms with E-state index in [9.17, 15) is 5.11 Å². The topological polar surface area (TPSA) is 50.7 Å². The number of methoxy groups -OCH3 is 2. The fourth-order valence-electron chi connectivity index (χ4n) is 3.23. The van der Waals surface area contributed by atoms with Crippen LogP contribution in [0.3, 0.4) is 0 Å². The zero-order valence-corrected chi connectivity index (χ0v) is 14.7. The highest BCUT2D eigenvalue weighted by Gasteiger charge is 2.25. The van der Waals surface area contributed by atoms with Gasteiger partial charge in [0.15, 0.2) is 11.5 Å². The van der Waals surface area contributed by atoms with Crippen molar-refractivity contribution in [3.05, 3.63) is 35.4 Å². The van der Waals surface area contributed by atoms with Crippen LogP contribution in [0.5, 0.6) is 11.5 Å². The molecule has 0 amide bonds. The molecule has 1 aliphatic heterocycles. The lowest BCUT2D eigenvalue weighted by molar-refractivity contribution is 0.175. The molecule has 2 N–H and O–H groups in total. The molecule has 0 spiro atoms. The van der Waals surface area contributed by atoms with Crippen LogP contribution in [0.15, 0.2) is 24.3 Å². The van der Waals surface area contributed by atoms with E-state index in [1.807, 2.05) is 6.07 Å². The number of nitrogens with one attached hydrogen (secondary N) is 1. The van der Waals surface area contributed by atoms with Gasteiger partial charge < -0.3 is 19.9 Å². The number of fused-ring (bicyclic) bond motifs is 1. The first-order valence-corrected chi connectivity index (χ1v) is 8.30. The minimum absolute atomic E-state index is 0.109. The molecule has 0 saturated heterocycles. The first kappa shape index (κ1) is 17.8. The Morgan fingerprint density at radius 3 is 2.57 bits per heavy atom. The number of hydrogen-bond donors (Lipinski definition) is 2. The summed E-state index contributed by atoms with van der Waals surface area (Å²) in [5, 5.41) is 14.0. The molecule has 0 saturated carbocycles. The van der Waals surface area contributed by atoms with Crippen LogP contribution in [-0.4, -0.2) is 32.0 Å². The van der Waals surface area contributed by atoms with Crippen LogP contribution in [0, 0.1) is 5.92 Å². The molecule has 1 heterocycles. The van der Waals surface area contributed by atoms with Crippen molar-refractivity contribution in [2.45, 2.75) is 45.3 Å². The van der Waals surface area contributed by atoms with E-state index in [0.29, 0.717) is 12.3 Å². The number of hydrogen-bond acceptors (Lipinski definition) is 4. The summed E-state index contributed by atoms with van der Waals surface area (Å²) in [6.07, 6.45) is 1.95. The molecule has 1 aromatic carbocycles. The molecule has 1 aromatic rings. The fraction of sp³-hybridized carbons (Fsp3) is 0.579. The summed E-state index contributed by atoms with van der Waals surface area (Å²) in [6.45, 7) is 9.24. The first-order valence-electron chi connectivity index (χ1n) is 8.30. The zero-order valence-electron chi connectivity index (χ0n) is 14.7. The second-order valence-corrected chi connectivity index (χ2v) is 6.67. The molecular formula is C19H29NO3. The van der Waals surface area contributed by atoms with Gasteiger partial charge in [0, 0.05) is 6.04 Å². The summed E-state index contributed by atoms with van der Waals surface area (Å²) in [4.78, 5) is 0.